The molecule has 0 aromatic rings. The van der Waals surface area contributed by atoms with Crippen molar-refractivity contribution in [2.45, 2.75) is 10.5 Å². The second kappa shape index (κ2) is 2.92. The largest absolute Gasteiger partial charge is 0.370 e. The molecular formula is C5H8IN3. The third-order valence-corrected chi connectivity index (χ3v) is 1.22. The topological polar surface area (TPSA) is 61.9 Å². The molecule has 0 amide bonds. The third kappa shape index (κ3) is 4.09. The van der Waals surface area contributed by atoms with Crippen molar-refractivity contribution in [3.8, 4) is 12.3 Å². The Labute approximate surface area is 68.0 Å². The van der Waals surface area contributed by atoms with E-state index in [-0.39, 0.29) is 5.96 Å². The minimum absolute atomic E-state index is 0.107. The molecule has 1 unspecified atom stereocenters. The van der Waals surface area contributed by atoms with Crippen molar-refractivity contribution in [3.05, 3.63) is 0 Å². The molecule has 3 nitrogen and oxygen atoms in total. The van der Waals surface area contributed by atoms with Crippen molar-refractivity contribution in [2.75, 3.05) is 0 Å². The van der Waals surface area contributed by atoms with Gasteiger partial charge in [0.15, 0.2) is 5.96 Å². The summed E-state index contributed by atoms with van der Waals surface area (Å²) < 4.78 is -0.538. The van der Waals surface area contributed by atoms with Gasteiger partial charge in [-0.05, 0) is 29.5 Å². The molecule has 0 fully saturated rings. The standard InChI is InChI=1S/C5H8IN3/c1-3-5(2,6)9-4(7)8/h1H,2H3,(H4,7,8,9). The van der Waals surface area contributed by atoms with Crippen LogP contribution in [0.1, 0.15) is 6.92 Å². The molecule has 0 radical (unpaired) electrons. The SMILES string of the molecule is C#CC(C)(I)NC(=N)N. The van der Waals surface area contributed by atoms with Gasteiger partial charge in [-0.15, -0.1) is 6.42 Å². The molecule has 9 heavy (non-hydrogen) atoms. The second-order valence-electron chi connectivity index (χ2n) is 1.69. The fourth-order valence-electron chi connectivity index (χ4n) is 0.289. The highest BCUT2D eigenvalue weighted by Crippen LogP contribution is 2.10. The molecule has 0 spiro atoms. The predicted molar refractivity (Wildman–Crippen MR) is 46.3 cm³/mol. The summed E-state index contributed by atoms with van der Waals surface area (Å²) in [6.07, 6.45) is 5.08. The average Bonchev–Trinajstić information content (AvgIpc) is 1.63. The van der Waals surface area contributed by atoms with Crippen molar-refractivity contribution in [2.24, 2.45) is 5.73 Å². The Bertz CT molecular complexity index is 156. The van der Waals surface area contributed by atoms with E-state index in [2.05, 4.69) is 11.2 Å². The first-order valence-electron chi connectivity index (χ1n) is 2.27. The van der Waals surface area contributed by atoms with E-state index in [4.69, 9.17) is 17.6 Å². The number of rotatable bonds is 1. The van der Waals surface area contributed by atoms with Crippen LogP contribution in [-0.4, -0.2) is 9.51 Å². The Morgan fingerprint density at radius 2 is 2.44 bits per heavy atom. The van der Waals surface area contributed by atoms with E-state index in [1.165, 1.54) is 0 Å². The molecule has 0 heterocycles. The normalized spacial score (nSPS) is 15.2. The van der Waals surface area contributed by atoms with E-state index in [0.717, 1.165) is 0 Å². The van der Waals surface area contributed by atoms with Crippen LogP contribution >= 0.6 is 22.6 Å². The fourth-order valence-corrected chi connectivity index (χ4v) is 0.580. The van der Waals surface area contributed by atoms with Gasteiger partial charge >= 0.3 is 0 Å². The second-order valence-corrected chi connectivity index (χ2v) is 3.84. The van der Waals surface area contributed by atoms with Gasteiger partial charge in [0.25, 0.3) is 0 Å². The minimum atomic E-state index is -0.538. The first-order chi connectivity index (χ1) is 3.98. The van der Waals surface area contributed by atoms with Crippen LogP contribution in [0, 0.1) is 17.8 Å². The Hall–Kier alpha value is -0.440. The van der Waals surface area contributed by atoms with Crippen LogP contribution in [-0.2, 0) is 0 Å². The van der Waals surface area contributed by atoms with Gasteiger partial charge in [0.2, 0.25) is 0 Å². The van der Waals surface area contributed by atoms with Gasteiger partial charge in [-0.2, -0.15) is 0 Å². The average molecular weight is 237 g/mol. The quantitative estimate of drug-likeness (QED) is 0.153. The van der Waals surface area contributed by atoms with Crippen molar-refractivity contribution in [1.82, 2.24) is 5.32 Å². The summed E-state index contributed by atoms with van der Waals surface area (Å²) in [7, 11) is 0. The maximum atomic E-state index is 6.82. The van der Waals surface area contributed by atoms with Crippen LogP contribution in [0.25, 0.3) is 0 Å². The summed E-state index contributed by atoms with van der Waals surface area (Å²) in [5.74, 6) is 2.32. The van der Waals surface area contributed by atoms with Gasteiger partial charge in [0.05, 0.1) is 0 Å². The van der Waals surface area contributed by atoms with Crippen LogP contribution in [0.5, 0.6) is 0 Å². The molecule has 0 rings (SSSR count). The maximum Gasteiger partial charge on any atom is 0.187 e. The lowest BCUT2D eigenvalue weighted by Gasteiger charge is -2.16. The van der Waals surface area contributed by atoms with Gasteiger partial charge in [-0.25, -0.2) is 0 Å². The number of terminal acetylenes is 1. The zero-order chi connectivity index (χ0) is 7.49. The van der Waals surface area contributed by atoms with Gasteiger partial charge in [-0.3, -0.25) is 5.41 Å². The lowest BCUT2D eigenvalue weighted by Crippen LogP contribution is -2.43. The number of guanidine groups is 1. The zero-order valence-corrected chi connectivity index (χ0v) is 7.19. The van der Waals surface area contributed by atoms with Crippen LogP contribution in [0.15, 0.2) is 0 Å². The lowest BCUT2D eigenvalue weighted by atomic mass is 10.4. The predicted octanol–water partition coefficient (Wildman–Crippen LogP) is 0.254. The smallest absolute Gasteiger partial charge is 0.187 e. The Balaban J connectivity index is 3.91. The molecule has 0 bridgehead atoms. The van der Waals surface area contributed by atoms with Gasteiger partial charge in [-0.1, -0.05) is 5.92 Å². The van der Waals surface area contributed by atoms with Crippen molar-refractivity contribution >= 4 is 28.6 Å². The number of hydrogen-bond donors (Lipinski definition) is 3. The Morgan fingerprint density at radius 1 is 2.00 bits per heavy atom. The number of alkyl halides is 1. The summed E-state index contributed by atoms with van der Waals surface area (Å²) in [5, 5.41) is 9.40. The number of halogens is 1. The molecular weight excluding hydrogens is 229 g/mol. The highest BCUT2D eigenvalue weighted by atomic mass is 127. The molecule has 50 valence electrons. The lowest BCUT2D eigenvalue weighted by molar-refractivity contribution is 0.790. The van der Waals surface area contributed by atoms with E-state index in [1.807, 2.05) is 22.6 Å². The molecule has 4 heteroatoms. The first-order valence-corrected chi connectivity index (χ1v) is 3.35. The minimum Gasteiger partial charge on any atom is -0.370 e. The molecule has 0 aliphatic rings. The van der Waals surface area contributed by atoms with Gasteiger partial charge in [0.1, 0.15) is 3.55 Å². The summed E-state index contributed by atoms with van der Waals surface area (Å²) in [5.41, 5.74) is 5.03. The van der Waals surface area contributed by atoms with Crippen LogP contribution < -0.4 is 11.1 Å². The van der Waals surface area contributed by atoms with E-state index >= 15 is 0 Å². The number of nitrogens with two attached hydrogens (primary N) is 1. The van der Waals surface area contributed by atoms with E-state index < -0.39 is 3.55 Å². The van der Waals surface area contributed by atoms with Gasteiger partial charge < -0.3 is 11.1 Å². The van der Waals surface area contributed by atoms with Crippen LogP contribution in [0.2, 0.25) is 0 Å². The molecule has 4 N–H and O–H groups in total. The molecule has 0 aromatic heterocycles. The van der Waals surface area contributed by atoms with Crippen molar-refractivity contribution in [1.29, 1.82) is 5.41 Å². The van der Waals surface area contributed by atoms with Gasteiger partial charge in [0, 0.05) is 0 Å². The summed E-state index contributed by atoms with van der Waals surface area (Å²) >= 11 is 1.99. The summed E-state index contributed by atoms with van der Waals surface area (Å²) in [6, 6.07) is 0. The molecule has 0 saturated carbocycles. The molecule has 0 aliphatic heterocycles. The molecule has 0 aliphatic carbocycles. The third-order valence-electron chi connectivity index (χ3n) is 0.640. The Morgan fingerprint density at radius 3 is 2.56 bits per heavy atom. The first kappa shape index (κ1) is 8.56. The van der Waals surface area contributed by atoms with E-state index in [1.54, 1.807) is 6.92 Å². The monoisotopic (exact) mass is 237 g/mol. The van der Waals surface area contributed by atoms with Crippen LogP contribution in [0.3, 0.4) is 0 Å². The molecule has 0 aromatic carbocycles. The fraction of sp³-hybridized carbons (Fsp3) is 0.400. The molecule has 1 atom stereocenters. The summed E-state index contributed by atoms with van der Waals surface area (Å²) in [6.45, 7) is 1.76. The summed E-state index contributed by atoms with van der Waals surface area (Å²) in [4.78, 5) is 0. The highest BCUT2D eigenvalue weighted by Gasteiger charge is 2.14. The van der Waals surface area contributed by atoms with Crippen molar-refractivity contribution in [3.63, 3.8) is 0 Å². The van der Waals surface area contributed by atoms with E-state index in [9.17, 15) is 0 Å². The number of nitrogens with one attached hydrogen (secondary N) is 2. The van der Waals surface area contributed by atoms with Crippen molar-refractivity contribution < 1.29 is 0 Å². The number of hydrogen-bond acceptors (Lipinski definition) is 1. The van der Waals surface area contributed by atoms with E-state index in [0.29, 0.717) is 0 Å². The van der Waals surface area contributed by atoms with Crippen LogP contribution in [0.4, 0.5) is 0 Å². The highest BCUT2D eigenvalue weighted by molar-refractivity contribution is 14.1. The Kier molecular flexibility index (Phi) is 2.77. The zero-order valence-electron chi connectivity index (χ0n) is 5.03. The molecule has 0 saturated heterocycles. The maximum absolute atomic E-state index is 6.82.